The van der Waals surface area contributed by atoms with Crippen molar-refractivity contribution in [2.75, 3.05) is 13.1 Å². The van der Waals surface area contributed by atoms with Gasteiger partial charge < -0.3 is 15.3 Å². The number of hydrogen-bond acceptors (Lipinski definition) is 2. The van der Waals surface area contributed by atoms with E-state index in [4.69, 9.17) is 5.11 Å². The number of hydrogen-bond donors (Lipinski definition) is 2. The van der Waals surface area contributed by atoms with Gasteiger partial charge in [-0.25, -0.2) is 4.79 Å². The van der Waals surface area contributed by atoms with Crippen LogP contribution in [-0.2, 0) is 4.79 Å². The van der Waals surface area contributed by atoms with E-state index < -0.39 is 5.97 Å². The molecule has 2 amide bonds. The highest BCUT2D eigenvalue weighted by Gasteiger charge is 2.31. The van der Waals surface area contributed by atoms with Gasteiger partial charge in [-0.2, -0.15) is 0 Å². The number of rotatable bonds is 4. The first kappa shape index (κ1) is 16.1. The summed E-state index contributed by atoms with van der Waals surface area (Å²) in [6, 6.07) is 0.430. The molecule has 120 valence electrons. The van der Waals surface area contributed by atoms with Crippen molar-refractivity contribution < 1.29 is 14.7 Å². The minimum Gasteiger partial charge on any atom is -0.481 e. The zero-order valence-electron chi connectivity index (χ0n) is 13.2. The molecular weight excluding hydrogens is 268 g/mol. The van der Waals surface area contributed by atoms with Crippen LogP contribution in [0.15, 0.2) is 0 Å². The van der Waals surface area contributed by atoms with Crippen LogP contribution in [0.4, 0.5) is 4.79 Å². The topological polar surface area (TPSA) is 69.6 Å². The van der Waals surface area contributed by atoms with Gasteiger partial charge in [0, 0.05) is 19.1 Å². The quantitative estimate of drug-likeness (QED) is 0.838. The normalized spacial score (nSPS) is 29.7. The van der Waals surface area contributed by atoms with Crippen molar-refractivity contribution in [3.05, 3.63) is 0 Å². The lowest BCUT2D eigenvalue weighted by Crippen LogP contribution is -2.46. The zero-order valence-corrected chi connectivity index (χ0v) is 13.2. The van der Waals surface area contributed by atoms with E-state index in [1.54, 1.807) is 0 Å². The van der Waals surface area contributed by atoms with Crippen LogP contribution in [-0.4, -0.2) is 41.1 Å². The molecule has 0 aromatic rings. The molecule has 2 rings (SSSR count). The molecule has 2 fully saturated rings. The summed E-state index contributed by atoms with van der Waals surface area (Å²) in [5.41, 5.74) is 0. The van der Waals surface area contributed by atoms with Crippen LogP contribution < -0.4 is 5.32 Å². The molecule has 0 bridgehead atoms. The van der Waals surface area contributed by atoms with E-state index in [1.807, 2.05) is 4.90 Å². The van der Waals surface area contributed by atoms with Crippen LogP contribution in [0.25, 0.3) is 0 Å². The van der Waals surface area contributed by atoms with Gasteiger partial charge in [0.25, 0.3) is 0 Å². The molecule has 1 saturated carbocycles. The van der Waals surface area contributed by atoms with Crippen molar-refractivity contribution in [1.82, 2.24) is 10.2 Å². The Morgan fingerprint density at radius 3 is 2.43 bits per heavy atom. The summed E-state index contributed by atoms with van der Waals surface area (Å²) in [5.74, 6) is 0.0871. The number of nitrogens with zero attached hydrogens (tertiary/aromatic N) is 1. The minimum absolute atomic E-state index is 0.0616. The number of carbonyl (C=O) groups excluding carboxylic acids is 1. The standard InChI is InChI=1S/C16H28N2O3/c1-11(2)14-4-3-9-18(14)16(21)17-10-12-5-7-13(8-6-12)15(19)20/h11-14H,3-10H2,1-2H3,(H,17,21)(H,19,20). The Balaban J connectivity index is 1.73. The molecule has 1 heterocycles. The molecule has 1 unspecified atom stereocenters. The van der Waals surface area contributed by atoms with E-state index in [1.165, 1.54) is 0 Å². The van der Waals surface area contributed by atoms with Crippen molar-refractivity contribution in [2.45, 2.75) is 58.4 Å². The van der Waals surface area contributed by atoms with E-state index in [9.17, 15) is 9.59 Å². The molecular formula is C16H28N2O3. The smallest absolute Gasteiger partial charge is 0.317 e. The Morgan fingerprint density at radius 2 is 1.86 bits per heavy atom. The van der Waals surface area contributed by atoms with Crippen molar-refractivity contribution in [3.63, 3.8) is 0 Å². The Hall–Kier alpha value is -1.26. The number of carbonyl (C=O) groups is 2. The number of carboxylic acids is 1. The van der Waals surface area contributed by atoms with Gasteiger partial charge >= 0.3 is 12.0 Å². The van der Waals surface area contributed by atoms with Gasteiger partial charge in [0.1, 0.15) is 0 Å². The first-order valence-electron chi connectivity index (χ1n) is 8.26. The molecule has 0 radical (unpaired) electrons. The third kappa shape index (κ3) is 4.11. The highest BCUT2D eigenvalue weighted by atomic mass is 16.4. The van der Waals surface area contributed by atoms with Crippen LogP contribution in [0.1, 0.15) is 52.4 Å². The molecule has 1 atom stereocenters. The second-order valence-corrected chi connectivity index (χ2v) is 6.89. The van der Waals surface area contributed by atoms with Crippen molar-refractivity contribution in [1.29, 1.82) is 0 Å². The van der Waals surface area contributed by atoms with E-state index in [-0.39, 0.29) is 11.9 Å². The summed E-state index contributed by atoms with van der Waals surface area (Å²) in [6.45, 7) is 5.89. The van der Waals surface area contributed by atoms with Crippen molar-refractivity contribution in [3.8, 4) is 0 Å². The Labute approximate surface area is 127 Å². The lowest BCUT2D eigenvalue weighted by Gasteiger charge is -2.30. The van der Waals surface area contributed by atoms with Gasteiger partial charge in [0.15, 0.2) is 0 Å². The predicted octanol–water partition coefficient (Wildman–Crippen LogP) is 2.71. The number of aliphatic carboxylic acids is 1. The van der Waals surface area contributed by atoms with Gasteiger partial charge in [0.2, 0.25) is 0 Å². The highest BCUT2D eigenvalue weighted by Crippen LogP contribution is 2.29. The van der Waals surface area contributed by atoms with Crippen molar-refractivity contribution in [2.24, 2.45) is 17.8 Å². The molecule has 1 saturated heterocycles. The third-order valence-corrected chi connectivity index (χ3v) is 5.07. The lowest BCUT2D eigenvalue weighted by molar-refractivity contribution is -0.143. The Kier molecular flexibility index (Phi) is 5.48. The summed E-state index contributed by atoms with van der Waals surface area (Å²) in [5, 5.41) is 12.1. The maximum atomic E-state index is 12.3. The first-order valence-corrected chi connectivity index (χ1v) is 8.26. The fraction of sp³-hybridized carbons (Fsp3) is 0.875. The van der Waals surface area contributed by atoms with Crippen LogP contribution >= 0.6 is 0 Å². The second-order valence-electron chi connectivity index (χ2n) is 6.89. The largest absolute Gasteiger partial charge is 0.481 e. The lowest BCUT2D eigenvalue weighted by atomic mass is 9.82. The second kappa shape index (κ2) is 7.14. The third-order valence-electron chi connectivity index (χ3n) is 5.07. The molecule has 1 aliphatic carbocycles. The number of likely N-dealkylation sites (tertiary alicyclic amines) is 1. The molecule has 0 spiro atoms. The van der Waals surface area contributed by atoms with Gasteiger partial charge in [-0.3, -0.25) is 4.79 Å². The molecule has 1 aliphatic heterocycles. The number of urea groups is 1. The van der Waals surface area contributed by atoms with E-state index >= 15 is 0 Å². The average molecular weight is 296 g/mol. The SMILES string of the molecule is CC(C)C1CCCN1C(=O)NCC1CCC(C(=O)O)CC1. The average Bonchev–Trinajstić information content (AvgIpc) is 2.95. The van der Waals surface area contributed by atoms with E-state index in [2.05, 4.69) is 19.2 Å². The van der Waals surface area contributed by atoms with Crippen LogP contribution in [0, 0.1) is 17.8 Å². The molecule has 2 N–H and O–H groups in total. The molecule has 5 heteroatoms. The number of nitrogens with one attached hydrogen (secondary N) is 1. The fourth-order valence-electron chi connectivity index (χ4n) is 3.68. The minimum atomic E-state index is -0.672. The molecule has 21 heavy (non-hydrogen) atoms. The summed E-state index contributed by atoms with van der Waals surface area (Å²) in [7, 11) is 0. The Bertz CT molecular complexity index is 376. The first-order chi connectivity index (χ1) is 9.99. The number of amides is 2. The maximum absolute atomic E-state index is 12.3. The van der Waals surface area contributed by atoms with Gasteiger partial charge in [0.05, 0.1) is 5.92 Å². The summed E-state index contributed by atoms with van der Waals surface area (Å²) < 4.78 is 0. The van der Waals surface area contributed by atoms with E-state index in [0.717, 1.165) is 45.1 Å². The fourth-order valence-corrected chi connectivity index (χ4v) is 3.68. The Morgan fingerprint density at radius 1 is 1.19 bits per heavy atom. The molecule has 0 aromatic heterocycles. The zero-order chi connectivity index (χ0) is 15.4. The van der Waals surface area contributed by atoms with Gasteiger partial charge in [-0.1, -0.05) is 13.8 Å². The molecule has 0 aromatic carbocycles. The van der Waals surface area contributed by atoms with E-state index in [0.29, 0.717) is 24.4 Å². The summed E-state index contributed by atoms with van der Waals surface area (Å²) in [4.78, 5) is 25.2. The predicted molar refractivity (Wildman–Crippen MR) is 81.0 cm³/mol. The summed E-state index contributed by atoms with van der Waals surface area (Å²) >= 11 is 0. The number of carboxylic acid groups (broad SMARTS) is 1. The van der Waals surface area contributed by atoms with Crippen LogP contribution in [0.2, 0.25) is 0 Å². The van der Waals surface area contributed by atoms with Crippen LogP contribution in [0.3, 0.4) is 0 Å². The van der Waals surface area contributed by atoms with Gasteiger partial charge in [-0.15, -0.1) is 0 Å². The molecule has 5 nitrogen and oxygen atoms in total. The van der Waals surface area contributed by atoms with Gasteiger partial charge in [-0.05, 0) is 50.4 Å². The summed E-state index contributed by atoms with van der Waals surface area (Å²) in [6.07, 6.45) is 5.51. The monoisotopic (exact) mass is 296 g/mol. The van der Waals surface area contributed by atoms with Crippen molar-refractivity contribution >= 4 is 12.0 Å². The highest BCUT2D eigenvalue weighted by molar-refractivity contribution is 5.75. The maximum Gasteiger partial charge on any atom is 0.317 e. The van der Waals surface area contributed by atoms with Crippen LogP contribution in [0.5, 0.6) is 0 Å². The molecule has 2 aliphatic rings.